The van der Waals surface area contributed by atoms with Crippen molar-refractivity contribution in [2.24, 2.45) is 0 Å². The first kappa shape index (κ1) is 13.8. The van der Waals surface area contributed by atoms with Crippen molar-refractivity contribution in [2.45, 2.75) is 43.7 Å². The molecule has 1 aliphatic carbocycles. The minimum Gasteiger partial charge on any atom is -0.386 e. The number of nitrogens with zero attached hydrogens (tertiary/aromatic N) is 1. The second kappa shape index (κ2) is 5.01. The molecular weight excluding hydrogens is 318 g/mol. The Balaban J connectivity index is 2.07. The fourth-order valence-electron chi connectivity index (χ4n) is 3.53. The number of halogens is 1. The number of aliphatic hydroxyl groups is 1. The van der Waals surface area contributed by atoms with E-state index in [0.717, 1.165) is 35.8 Å². The molecule has 1 aromatic rings. The van der Waals surface area contributed by atoms with E-state index in [4.69, 9.17) is 0 Å². The molecule has 1 unspecified atom stereocenters. The first-order chi connectivity index (χ1) is 9.56. The third-order valence-corrected chi connectivity index (χ3v) is 5.10. The third kappa shape index (κ3) is 1.93. The van der Waals surface area contributed by atoms with E-state index in [1.165, 1.54) is 6.42 Å². The van der Waals surface area contributed by atoms with Gasteiger partial charge >= 0.3 is 0 Å². The Morgan fingerprint density at radius 2 is 1.80 bits per heavy atom. The van der Waals surface area contributed by atoms with Gasteiger partial charge < -0.3 is 5.11 Å². The number of aliphatic hydroxyl groups excluding tert-OH is 1. The number of amides is 1. The predicted molar refractivity (Wildman–Crippen MR) is 82.6 cm³/mol. The van der Waals surface area contributed by atoms with Crippen LogP contribution in [-0.4, -0.2) is 22.7 Å². The molecule has 3 nitrogen and oxygen atoms in total. The molecule has 1 heterocycles. The highest BCUT2D eigenvalue weighted by Crippen LogP contribution is 2.46. The van der Waals surface area contributed by atoms with Crippen molar-refractivity contribution in [1.29, 1.82) is 0 Å². The summed E-state index contributed by atoms with van der Waals surface area (Å²) in [5, 5.41) is 10.6. The van der Waals surface area contributed by atoms with Crippen LogP contribution in [0.1, 0.15) is 32.1 Å². The van der Waals surface area contributed by atoms with Gasteiger partial charge in [0, 0.05) is 15.7 Å². The highest BCUT2D eigenvalue weighted by atomic mass is 79.9. The summed E-state index contributed by atoms with van der Waals surface area (Å²) < 4.78 is 0.977. The molecule has 0 radical (unpaired) electrons. The summed E-state index contributed by atoms with van der Waals surface area (Å²) in [6.07, 6.45) is 4.20. The van der Waals surface area contributed by atoms with Crippen LogP contribution in [0.3, 0.4) is 0 Å². The molecule has 1 saturated heterocycles. The van der Waals surface area contributed by atoms with Gasteiger partial charge in [-0.1, -0.05) is 41.8 Å². The molecular formula is C16H18BrNO2. The molecule has 20 heavy (non-hydrogen) atoms. The lowest BCUT2D eigenvalue weighted by Crippen LogP contribution is -2.53. The Kier molecular flexibility index (Phi) is 3.46. The maximum Gasteiger partial charge on any atom is 0.256 e. The molecule has 2 fully saturated rings. The smallest absolute Gasteiger partial charge is 0.256 e. The van der Waals surface area contributed by atoms with E-state index in [2.05, 4.69) is 22.5 Å². The second-order valence-electron chi connectivity index (χ2n) is 5.71. The maximum absolute atomic E-state index is 12.5. The Morgan fingerprint density at radius 3 is 2.40 bits per heavy atom. The SMILES string of the molecule is C=C1C(=O)N(c2ccc(Br)cc2)C2(CCCCC2)C1O. The van der Waals surface area contributed by atoms with E-state index in [0.29, 0.717) is 5.57 Å². The number of benzene rings is 1. The van der Waals surface area contributed by atoms with Gasteiger partial charge in [0.1, 0.15) is 6.10 Å². The average molecular weight is 336 g/mol. The van der Waals surface area contributed by atoms with E-state index >= 15 is 0 Å². The van der Waals surface area contributed by atoms with Gasteiger partial charge in [0.2, 0.25) is 0 Å². The molecule has 0 aromatic heterocycles. The van der Waals surface area contributed by atoms with Crippen molar-refractivity contribution in [2.75, 3.05) is 4.90 Å². The molecule has 1 spiro atoms. The van der Waals surface area contributed by atoms with Gasteiger partial charge in [0.05, 0.1) is 5.54 Å². The lowest BCUT2D eigenvalue weighted by atomic mass is 9.77. The molecule has 2 aliphatic rings. The summed E-state index contributed by atoms with van der Waals surface area (Å²) in [5.74, 6) is -0.137. The predicted octanol–water partition coefficient (Wildman–Crippen LogP) is 3.42. The van der Waals surface area contributed by atoms with Crippen LogP contribution in [0.15, 0.2) is 40.9 Å². The summed E-state index contributed by atoms with van der Waals surface area (Å²) in [4.78, 5) is 14.3. The van der Waals surface area contributed by atoms with Gasteiger partial charge in [0.25, 0.3) is 5.91 Å². The maximum atomic E-state index is 12.5. The van der Waals surface area contributed by atoms with Crippen molar-refractivity contribution >= 4 is 27.5 Å². The minimum atomic E-state index is -0.751. The zero-order valence-corrected chi connectivity index (χ0v) is 12.9. The van der Waals surface area contributed by atoms with E-state index in [1.54, 1.807) is 4.90 Å². The molecule has 1 atom stereocenters. The second-order valence-corrected chi connectivity index (χ2v) is 6.62. The van der Waals surface area contributed by atoms with E-state index in [1.807, 2.05) is 24.3 Å². The first-order valence-electron chi connectivity index (χ1n) is 7.03. The van der Waals surface area contributed by atoms with Crippen molar-refractivity contribution in [1.82, 2.24) is 0 Å². The Labute approximate surface area is 127 Å². The van der Waals surface area contributed by atoms with Crippen LogP contribution in [-0.2, 0) is 4.79 Å². The summed E-state index contributed by atoms with van der Waals surface area (Å²) in [5.41, 5.74) is 0.688. The molecule has 1 N–H and O–H groups in total. The number of hydrogen-bond acceptors (Lipinski definition) is 2. The zero-order chi connectivity index (χ0) is 14.3. The molecule has 1 aliphatic heterocycles. The van der Waals surface area contributed by atoms with Crippen LogP contribution >= 0.6 is 15.9 Å². The van der Waals surface area contributed by atoms with Crippen LogP contribution in [0.2, 0.25) is 0 Å². The highest BCUT2D eigenvalue weighted by Gasteiger charge is 2.55. The fraction of sp³-hybridized carbons (Fsp3) is 0.438. The van der Waals surface area contributed by atoms with Gasteiger partial charge in [-0.2, -0.15) is 0 Å². The van der Waals surface area contributed by atoms with Crippen LogP contribution in [0, 0.1) is 0 Å². The lowest BCUT2D eigenvalue weighted by Gasteiger charge is -2.43. The third-order valence-electron chi connectivity index (χ3n) is 4.57. The Bertz CT molecular complexity index is 546. The standard InChI is InChI=1S/C16H18BrNO2/c1-11-14(19)16(9-3-2-4-10-16)18(15(11)20)13-7-5-12(17)6-8-13/h5-8,14,19H,1-4,9-10H2. The topological polar surface area (TPSA) is 40.5 Å². The van der Waals surface area contributed by atoms with Gasteiger partial charge in [-0.15, -0.1) is 0 Å². The van der Waals surface area contributed by atoms with E-state index < -0.39 is 11.6 Å². The molecule has 4 heteroatoms. The van der Waals surface area contributed by atoms with Crippen LogP contribution in [0.25, 0.3) is 0 Å². The normalized spacial score (nSPS) is 25.5. The quantitative estimate of drug-likeness (QED) is 0.799. The molecule has 1 aromatic carbocycles. The number of carbonyl (C=O) groups excluding carboxylic acids is 1. The number of rotatable bonds is 1. The van der Waals surface area contributed by atoms with Crippen molar-refractivity contribution in [3.63, 3.8) is 0 Å². The molecule has 3 rings (SSSR count). The zero-order valence-electron chi connectivity index (χ0n) is 11.3. The van der Waals surface area contributed by atoms with E-state index in [-0.39, 0.29) is 5.91 Å². The number of carbonyl (C=O) groups is 1. The van der Waals surface area contributed by atoms with Gasteiger partial charge in [-0.25, -0.2) is 0 Å². The monoisotopic (exact) mass is 335 g/mol. The molecule has 106 valence electrons. The van der Waals surface area contributed by atoms with Crippen LogP contribution in [0.5, 0.6) is 0 Å². The summed E-state index contributed by atoms with van der Waals surface area (Å²) in [7, 11) is 0. The van der Waals surface area contributed by atoms with E-state index in [9.17, 15) is 9.90 Å². The number of anilines is 1. The Hall–Kier alpha value is -1.13. The van der Waals surface area contributed by atoms with Gasteiger partial charge in [-0.3, -0.25) is 9.69 Å². The first-order valence-corrected chi connectivity index (χ1v) is 7.82. The summed E-state index contributed by atoms with van der Waals surface area (Å²) in [6.45, 7) is 3.81. The van der Waals surface area contributed by atoms with Crippen LogP contribution < -0.4 is 4.90 Å². The number of hydrogen-bond donors (Lipinski definition) is 1. The van der Waals surface area contributed by atoms with Crippen molar-refractivity contribution in [3.05, 3.63) is 40.9 Å². The fourth-order valence-corrected chi connectivity index (χ4v) is 3.80. The van der Waals surface area contributed by atoms with Gasteiger partial charge in [-0.05, 0) is 37.1 Å². The van der Waals surface area contributed by atoms with Crippen molar-refractivity contribution in [3.8, 4) is 0 Å². The van der Waals surface area contributed by atoms with Crippen molar-refractivity contribution < 1.29 is 9.90 Å². The minimum absolute atomic E-state index is 0.137. The summed E-state index contributed by atoms with van der Waals surface area (Å²) in [6, 6.07) is 7.69. The highest BCUT2D eigenvalue weighted by molar-refractivity contribution is 9.10. The average Bonchev–Trinajstić information content (AvgIpc) is 2.64. The lowest BCUT2D eigenvalue weighted by molar-refractivity contribution is -0.114. The molecule has 1 amide bonds. The molecule has 1 saturated carbocycles. The van der Waals surface area contributed by atoms with Crippen LogP contribution in [0.4, 0.5) is 5.69 Å². The largest absolute Gasteiger partial charge is 0.386 e. The Morgan fingerprint density at radius 1 is 1.20 bits per heavy atom. The summed E-state index contributed by atoms with van der Waals surface area (Å²) >= 11 is 3.41. The van der Waals surface area contributed by atoms with Gasteiger partial charge in [0.15, 0.2) is 0 Å². The molecule has 0 bridgehead atoms.